The molecule has 0 spiro atoms. The van der Waals surface area contributed by atoms with E-state index in [0.29, 0.717) is 10.8 Å². The zero-order valence-electron chi connectivity index (χ0n) is 13.0. The largest absolute Gasteiger partial charge is 0.295 e. The van der Waals surface area contributed by atoms with Crippen LogP contribution < -0.4 is 5.32 Å². The second-order valence-electron chi connectivity index (χ2n) is 5.96. The van der Waals surface area contributed by atoms with Crippen molar-refractivity contribution in [1.82, 2.24) is 20.0 Å². The van der Waals surface area contributed by atoms with E-state index >= 15 is 0 Å². The summed E-state index contributed by atoms with van der Waals surface area (Å²) in [5.74, 6) is 0.536. The van der Waals surface area contributed by atoms with Crippen molar-refractivity contribution in [2.45, 2.75) is 45.4 Å². The molecule has 1 aliphatic rings. The molecule has 118 valence electrons. The summed E-state index contributed by atoms with van der Waals surface area (Å²) in [4.78, 5) is 12.2. The number of hydrogen-bond acceptors (Lipinski definition) is 5. The first kappa shape index (κ1) is 15.1. The normalized spacial score (nSPS) is 15.9. The van der Waals surface area contributed by atoms with Crippen LogP contribution in [-0.2, 0) is 13.5 Å². The highest BCUT2D eigenvalue weighted by atomic mass is 32.1. The molecule has 7 heteroatoms. The monoisotopic (exact) mass is 319 g/mol. The Kier molecular flexibility index (Phi) is 4.52. The van der Waals surface area contributed by atoms with Gasteiger partial charge in [-0.2, -0.15) is 5.10 Å². The van der Waals surface area contributed by atoms with Gasteiger partial charge in [0, 0.05) is 13.5 Å². The summed E-state index contributed by atoms with van der Waals surface area (Å²) in [5, 5.41) is 16.9. The lowest BCUT2D eigenvalue weighted by Crippen LogP contribution is -2.15. The summed E-state index contributed by atoms with van der Waals surface area (Å²) in [7, 11) is 1.76. The lowest BCUT2D eigenvalue weighted by molar-refractivity contribution is 0.101. The van der Waals surface area contributed by atoms with E-state index in [0.717, 1.165) is 23.0 Å². The van der Waals surface area contributed by atoms with Crippen LogP contribution in [0.1, 0.15) is 53.3 Å². The van der Waals surface area contributed by atoms with Crippen LogP contribution in [0.5, 0.6) is 0 Å². The van der Waals surface area contributed by atoms with Crippen molar-refractivity contribution < 1.29 is 4.79 Å². The number of rotatable bonds is 4. The third kappa shape index (κ3) is 3.52. The summed E-state index contributed by atoms with van der Waals surface area (Å²) in [6.45, 7) is 1.87. The lowest BCUT2D eigenvalue weighted by Gasteiger charge is -2.19. The van der Waals surface area contributed by atoms with Crippen LogP contribution in [0.15, 0.2) is 6.07 Å². The maximum atomic E-state index is 12.2. The maximum absolute atomic E-state index is 12.2. The number of amides is 1. The van der Waals surface area contributed by atoms with Crippen molar-refractivity contribution in [3.63, 3.8) is 0 Å². The molecular weight excluding hydrogens is 298 g/mol. The van der Waals surface area contributed by atoms with Crippen LogP contribution in [0.2, 0.25) is 0 Å². The van der Waals surface area contributed by atoms with Crippen molar-refractivity contribution in [1.29, 1.82) is 0 Å². The van der Waals surface area contributed by atoms with Crippen LogP contribution in [-0.4, -0.2) is 25.9 Å². The second-order valence-corrected chi connectivity index (χ2v) is 7.02. The molecule has 1 saturated carbocycles. The van der Waals surface area contributed by atoms with Gasteiger partial charge < -0.3 is 0 Å². The van der Waals surface area contributed by atoms with Crippen molar-refractivity contribution in [2.24, 2.45) is 13.0 Å². The van der Waals surface area contributed by atoms with Crippen molar-refractivity contribution in [3.05, 3.63) is 22.5 Å². The highest BCUT2D eigenvalue weighted by Crippen LogP contribution is 2.28. The SMILES string of the molecule is Cc1cc(C(=O)Nc2nnc(CC3CCCCC3)s2)n(C)n1. The predicted octanol–water partition coefficient (Wildman–Crippen LogP) is 2.96. The number of hydrogen-bond donors (Lipinski definition) is 1. The van der Waals surface area contributed by atoms with Gasteiger partial charge in [-0.1, -0.05) is 43.4 Å². The Morgan fingerprint density at radius 2 is 2.14 bits per heavy atom. The van der Waals surface area contributed by atoms with E-state index in [9.17, 15) is 4.79 Å². The first-order valence-electron chi connectivity index (χ1n) is 7.76. The topological polar surface area (TPSA) is 72.7 Å². The number of aryl methyl sites for hydroxylation is 2. The molecule has 2 aromatic heterocycles. The Morgan fingerprint density at radius 3 is 2.82 bits per heavy atom. The summed E-state index contributed by atoms with van der Waals surface area (Å²) in [6.07, 6.45) is 7.57. The molecule has 0 aliphatic heterocycles. The summed E-state index contributed by atoms with van der Waals surface area (Å²) in [5.41, 5.74) is 1.35. The van der Waals surface area contributed by atoms with E-state index < -0.39 is 0 Å². The van der Waals surface area contributed by atoms with E-state index in [-0.39, 0.29) is 5.91 Å². The number of aromatic nitrogens is 4. The first-order valence-corrected chi connectivity index (χ1v) is 8.58. The second kappa shape index (κ2) is 6.56. The summed E-state index contributed by atoms with van der Waals surface area (Å²) in [6, 6.07) is 1.76. The van der Waals surface area contributed by atoms with Gasteiger partial charge in [-0.25, -0.2) is 0 Å². The third-order valence-electron chi connectivity index (χ3n) is 4.11. The van der Waals surface area contributed by atoms with Gasteiger partial charge in [-0.15, -0.1) is 10.2 Å². The highest BCUT2D eigenvalue weighted by molar-refractivity contribution is 7.15. The van der Waals surface area contributed by atoms with Gasteiger partial charge in [0.1, 0.15) is 10.7 Å². The van der Waals surface area contributed by atoms with Gasteiger partial charge in [0.2, 0.25) is 5.13 Å². The van der Waals surface area contributed by atoms with Gasteiger partial charge >= 0.3 is 0 Å². The minimum atomic E-state index is -0.191. The molecule has 0 radical (unpaired) electrons. The fourth-order valence-corrected chi connectivity index (χ4v) is 3.86. The molecule has 0 bridgehead atoms. The Labute approximate surface area is 133 Å². The van der Waals surface area contributed by atoms with Crippen LogP contribution in [0.4, 0.5) is 5.13 Å². The van der Waals surface area contributed by atoms with Gasteiger partial charge in [0.15, 0.2) is 0 Å². The summed E-state index contributed by atoms with van der Waals surface area (Å²) >= 11 is 1.48. The molecule has 1 aliphatic carbocycles. The van der Waals surface area contributed by atoms with Crippen LogP contribution in [0.25, 0.3) is 0 Å². The average molecular weight is 319 g/mol. The van der Waals surface area contributed by atoms with E-state index in [4.69, 9.17) is 0 Å². The molecule has 2 aromatic rings. The van der Waals surface area contributed by atoms with E-state index in [2.05, 4.69) is 20.6 Å². The van der Waals surface area contributed by atoms with E-state index in [1.165, 1.54) is 43.4 Å². The molecule has 1 amide bonds. The van der Waals surface area contributed by atoms with Crippen molar-refractivity contribution in [3.8, 4) is 0 Å². The van der Waals surface area contributed by atoms with Gasteiger partial charge in [0.25, 0.3) is 5.91 Å². The lowest BCUT2D eigenvalue weighted by atomic mass is 9.87. The van der Waals surface area contributed by atoms with E-state index in [1.54, 1.807) is 17.8 Å². The van der Waals surface area contributed by atoms with Crippen LogP contribution >= 0.6 is 11.3 Å². The molecule has 0 atom stereocenters. The van der Waals surface area contributed by atoms with Gasteiger partial charge in [-0.05, 0) is 18.9 Å². The van der Waals surface area contributed by atoms with E-state index in [1.807, 2.05) is 6.92 Å². The molecule has 1 fully saturated rings. The molecule has 2 heterocycles. The Balaban J connectivity index is 1.61. The predicted molar refractivity (Wildman–Crippen MR) is 86.1 cm³/mol. The van der Waals surface area contributed by atoms with Crippen molar-refractivity contribution in [2.75, 3.05) is 5.32 Å². The maximum Gasteiger partial charge on any atom is 0.275 e. The Hall–Kier alpha value is -1.76. The summed E-state index contributed by atoms with van der Waals surface area (Å²) < 4.78 is 1.58. The molecule has 1 N–H and O–H groups in total. The number of carbonyl (C=O) groups excluding carboxylic acids is 1. The Bertz CT molecular complexity index is 657. The zero-order chi connectivity index (χ0) is 15.5. The number of nitrogens with one attached hydrogen (secondary N) is 1. The Morgan fingerprint density at radius 1 is 1.36 bits per heavy atom. The standard InChI is InChI=1S/C15H21N5OS/c1-10-8-12(20(2)19-10)14(21)16-15-18-17-13(22-15)9-11-6-4-3-5-7-11/h8,11H,3-7,9H2,1-2H3,(H,16,18,21). The zero-order valence-corrected chi connectivity index (χ0v) is 13.8. The molecular formula is C15H21N5OS. The van der Waals surface area contributed by atoms with Crippen molar-refractivity contribution >= 4 is 22.4 Å². The quantitative estimate of drug-likeness (QED) is 0.940. The molecule has 0 aromatic carbocycles. The van der Waals surface area contributed by atoms with Gasteiger partial charge in [0.05, 0.1) is 5.69 Å². The fourth-order valence-electron chi connectivity index (χ4n) is 3.01. The molecule has 22 heavy (non-hydrogen) atoms. The highest BCUT2D eigenvalue weighted by Gasteiger charge is 2.18. The van der Waals surface area contributed by atoms with Crippen LogP contribution in [0, 0.1) is 12.8 Å². The number of carbonyl (C=O) groups is 1. The molecule has 0 saturated heterocycles. The number of anilines is 1. The number of nitrogens with zero attached hydrogens (tertiary/aromatic N) is 4. The van der Waals surface area contributed by atoms with Crippen LogP contribution in [0.3, 0.4) is 0 Å². The first-order chi connectivity index (χ1) is 10.6. The minimum absolute atomic E-state index is 0.191. The third-order valence-corrected chi connectivity index (χ3v) is 4.97. The molecule has 0 unspecified atom stereocenters. The smallest absolute Gasteiger partial charge is 0.275 e. The average Bonchev–Trinajstić information content (AvgIpc) is 3.06. The fraction of sp³-hybridized carbons (Fsp3) is 0.600. The van der Waals surface area contributed by atoms with Gasteiger partial charge in [-0.3, -0.25) is 14.8 Å². The molecule has 6 nitrogen and oxygen atoms in total. The minimum Gasteiger partial charge on any atom is -0.295 e. The molecule has 3 rings (SSSR count).